The minimum atomic E-state index is -1.23. The fraction of sp³-hybridized carbons (Fsp3) is 0.500. The van der Waals surface area contributed by atoms with Gasteiger partial charge in [0.1, 0.15) is 11.4 Å². The molecule has 0 aromatic carbocycles. The van der Waals surface area contributed by atoms with Crippen molar-refractivity contribution in [3.63, 3.8) is 0 Å². The van der Waals surface area contributed by atoms with Crippen molar-refractivity contribution < 1.29 is 9.90 Å². The Morgan fingerprint density at radius 3 is 2.88 bits per heavy atom. The number of carbonyl (C=O) groups is 1. The van der Waals surface area contributed by atoms with E-state index >= 15 is 0 Å². The van der Waals surface area contributed by atoms with Crippen LogP contribution >= 0.6 is 11.8 Å². The number of rotatable bonds is 2. The van der Waals surface area contributed by atoms with Crippen LogP contribution in [0.3, 0.4) is 0 Å². The first-order valence-electron chi connectivity index (χ1n) is 5.64. The van der Waals surface area contributed by atoms with Gasteiger partial charge in [-0.15, -0.1) is 0 Å². The summed E-state index contributed by atoms with van der Waals surface area (Å²) in [6, 6.07) is 3.65. The highest BCUT2D eigenvalue weighted by Crippen LogP contribution is 2.27. The summed E-state index contributed by atoms with van der Waals surface area (Å²) in [7, 11) is 0. The number of hydrogen-bond donors (Lipinski definition) is 2. The van der Waals surface area contributed by atoms with Crippen LogP contribution in [0.25, 0.3) is 0 Å². The smallest absolute Gasteiger partial charge is 0.257 e. The monoisotopic (exact) mass is 252 g/mol. The molecule has 2 rings (SSSR count). The van der Waals surface area contributed by atoms with E-state index < -0.39 is 5.60 Å². The molecule has 2 N–H and O–H groups in total. The molecule has 1 aromatic heterocycles. The van der Waals surface area contributed by atoms with Gasteiger partial charge >= 0.3 is 0 Å². The Morgan fingerprint density at radius 2 is 2.24 bits per heavy atom. The zero-order valence-electron chi connectivity index (χ0n) is 9.77. The fourth-order valence-electron chi connectivity index (χ4n) is 1.77. The van der Waals surface area contributed by atoms with Crippen molar-refractivity contribution in [3.8, 4) is 0 Å². The van der Waals surface area contributed by atoms with Crippen LogP contribution in [0.15, 0.2) is 18.3 Å². The molecule has 1 aliphatic rings. The van der Waals surface area contributed by atoms with Gasteiger partial charge in [0.25, 0.3) is 5.91 Å². The quantitative estimate of drug-likeness (QED) is 0.839. The second kappa shape index (κ2) is 5.06. The number of carbonyl (C=O) groups excluding carboxylic acids is 1. The van der Waals surface area contributed by atoms with Crippen LogP contribution in [0.2, 0.25) is 0 Å². The number of anilines is 1. The summed E-state index contributed by atoms with van der Waals surface area (Å²) in [5.41, 5.74) is -0.196. The maximum absolute atomic E-state index is 12.0. The van der Waals surface area contributed by atoms with Crippen molar-refractivity contribution in [1.29, 1.82) is 0 Å². The summed E-state index contributed by atoms with van der Waals surface area (Å²) in [6.45, 7) is 1.93. The first kappa shape index (κ1) is 12.4. The van der Waals surface area contributed by atoms with Gasteiger partial charge in [0.2, 0.25) is 0 Å². The predicted molar refractivity (Wildman–Crippen MR) is 69.1 cm³/mol. The Bertz CT molecular complexity index is 417. The lowest BCUT2D eigenvalue weighted by atomic mass is 9.96. The van der Waals surface area contributed by atoms with Crippen LogP contribution in [0.5, 0.6) is 0 Å². The van der Waals surface area contributed by atoms with Crippen molar-refractivity contribution in [2.45, 2.75) is 25.4 Å². The van der Waals surface area contributed by atoms with Gasteiger partial charge in [-0.2, -0.15) is 11.8 Å². The van der Waals surface area contributed by atoms with Gasteiger partial charge in [0.05, 0.1) is 0 Å². The Kier molecular flexibility index (Phi) is 3.69. The number of aromatic nitrogens is 1. The standard InChI is InChI=1S/C12H16N2O2S/c1-9-2-5-13-10(8-9)14-11(15)12(16)3-6-17-7-4-12/h2,5,8,16H,3-4,6-7H2,1H3,(H,13,14,15). The molecular formula is C12H16N2O2S. The SMILES string of the molecule is Cc1ccnc(NC(=O)C2(O)CCSCC2)c1. The van der Waals surface area contributed by atoms with Gasteiger partial charge in [0, 0.05) is 6.20 Å². The maximum atomic E-state index is 12.0. The Morgan fingerprint density at radius 1 is 1.53 bits per heavy atom. The molecule has 0 radical (unpaired) electrons. The van der Waals surface area contributed by atoms with Gasteiger partial charge in [0.15, 0.2) is 0 Å². The Hall–Kier alpha value is -1.07. The molecule has 0 atom stereocenters. The number of thioether (sulfide) groups is 1. The largest absolute Gasteiger partial charge is 0.380 e. The van der Waals surface area contributed by atoms with E-state index in [1.165, 1.54) is 0 Å². The molecule has 1 aliphatic heterocycles. The Balaban J connectivity index is 2.05. The van der Waals surface area contributed by atoms with E-state index in [1.54, 1.807) is 24.0 Å². The molecule has 4 nitrogen and oxygen atoms in total. The van der Waals surface area contributed by atoms with E-state index in [4.69, 9.17) is 0 Å². The minimum absolute atomic E-state index is 0.337. The van der Waals surface area contributed by atoms with Crippen molar-refractivity contribution in [3.05, 3.63) is 23.9 Å². The van der Waals surface area contributed by atoms with Crippen molar-refractivity contribution >= 4 is 23.5 Å². The van der Waals surface area contributed by atoms with Gasteiger partial charge in [-0.05, 0) is 49.0 Å². The molecule has 0 aliphatic carbocycles. The highest BCUT2D eigenvalue weighted by molar-refractivity contribution is 7.99. The minimum Gasteiger partial charge on any atom is -0.380 e. The van der Waals surface area contributed by atoms with E-state index in [-0.39, 0.29) is 5.91 Å². The number of pyridine rings is 1. The predicted octanol–water partition coefficient (Wildman–Crippen LogP) is 1.59. The molecular weight excluding hydrogens is 236 g/mol. The van der Waals surface area contributed by atoms with Gasteiger partial charge in [-0.25, -0.2) is 4.98 Å². The lowest BCUT2D eigenvalue weighted by Crippen LogP contribution is -2.45. The van der Waals surface area contributed by atoms with Crippen LogP contribution < -0.4 is 5.32 Å². The van der Waals surface area contributed by atoms with Crippen molar-refractivity contribution in [2.75, 3.05) is 16.8 Å². The van der Waals surface area contributed by atoms with E-state index in [1.807, 2.05) is 13.0 Å². The third-order valence-electron chi connectivity index (χ3n) is 2.90. The van der Waals surface area contributed by atoms with E-state index in [2.05, 4.69) is 10.3 Å². The summed E-state index contributed by atoms with van der Waals surface area (Å²) >= 11 is 1.77. The van der Waals surface area contributed by atoms with Crippen molar-refractivity contribution in [1.82, 2.24) is 4.98 Å². The van der Waals surface area contributed by atoms with E-state index in [9.17, 15) is 9.90 Å². The molecule has 1 saturated heterocycles. The molecule has 0 saturated carbocycles. The highest BCUT2D eigenvalue weighted by atomic mass is 32.2. The summed E-state index contributed by atoms with van der Waals surface area (Å²) in [6.07, 6.45) is 2.66. The second-order valence-electron chi connectivity index (χ2n) is 4.32. The number of nitrogens with one attached hydrogen (secondary N) is 1. The molecule has 1 amide bonds. The van der Waals surface area contributed by atoms with Crippen LogP contribution in [-0.2, 0) is 4.79 Å². The zero-order valence-corrected chi connectivity index (χ0v) is 10.6. The molecule has 1 aromatic rings. The third-order valence-corrected chi connectivity index (χ3v) is 3.89. The number of hydrogen-bond acceptors (Lipinski definition) is 4. The molecule has 17 heavy (non-hydrogen) atoms. The average Bonchev–Trinajstić information content (AvgIpc) is 2.30. The van der Waals surface area contributed by atoms with Gasteiger partial charge < -0.3 is 10.4 Å². The molecule has 0 unspecified atom stereocenters. The number of aliphatic hydroxyl groups is 1. The topological polar surface area (TPSA) is 62.2 Å². The lowest BCUT2D eigenvalue weighted by Gasteiger charge is -2.30. The van der Waals surface area contributed by atoms with Crippen molar-refractivity contribution in [2.24, 2.45) is 0 Å². The first-order chi connectivity index (χ1) is 8.10. The first-order valence-corrected chi connectivity index (χ1v) is 6.80. The van der Waals surface area contributed by atoms with E-state index in [0.717, 1.165) is 17.1 Å². The molecule has 5 heteroatoms. The van der Waals surface area contributed by atoms with Crippen LogP contribution in [-0.4, -0.2) is 33.1 Å². The molecule has 0 spiro atoms. The number of amides is 1. The van der Waals surface area contributed by atoms with Gasteiger partial charge in [-0.3, -0.25) is 4.79 Å². The highest BCUT2D eigenvalue weighted by Gasteiger charge is 2.37. The summed E-state index contributed by atoms with van der Waals surface area (Å²) < 4.78 is 0. The average molecular weight is 252 g/mol. The summed E-state index contributed by atoms with van der Waals surface area (Å²) in [5, 5.41) is 12.9. The summed E-state index contributed by atoms with van der Waals surface area (Å²) in [4.78, 5) is 16.0. The zero-order chi connectivity index (χ0) is 12.3. The van der Waals surface area contributed by atoms with Crippen LogP contribution in [0.4, 0.5) is 5.82 Å². The normalized spacial score (nSPS) is 18.7. The molecule has 2 heterocycles. The Labute approximate surface area is 105 Å². The van der Waals surface area contributed by atoms with Gasteiger partial charge in [-0.1, -0.05) is 0 Å². The molecule has 0 bridgehead atoms. The summed E-state index contributed by atoms with van der Waals surface area (Å²) in [5.74, 6) is 1.81. The lowest BCUT2D eigenvalue weighted by molar-refractivity contribution is -0.134. The fourth-order valence-corrected chi connectivity index (χ4v) is 2.94. The number of nitrogens with zero attached hydrogens (tertiary/aromatic N) is 1. The third kappa shape index (κ3) is 2.98. The van der Waals surface area contributed by atoms with Crippen LogP contribution in [0, 0.1) is 6.92 Å². The number of aryl methyl sites for hydroxylation is 1. The molecule has 1 fully saturated rings. The maximum Gasteiger partial charge on any atom is 0.257 e. The second-order valence-corrected chi connectivity index (χ2v) is 5.54. The van der Waals surface area contributed by atoms with E-state index in [0.29, 0.717) is 18.7 Å². The van der Waals surface area contributed by atoms with Crippen LogP contribution in [0.1, 0.15) is 18.4 Å². The molecule has 92 valence electrons.